The number of aromatic nitrogens is 2. The monoisotopic (exact) mass is 433 g/mol. The molecule has 0 saturated heterocycles. The number of carbonyl (C=O) groups is 1. The number of benzene rings is 1. The normalized spacial score (nSPS) is 12.0. The fraction of sp³-hybridized carbons (Fsp3) is 0.133. The Labute approximate surface area is 160 Å². The summed E-state index contributed by atoms with van der Waals surface area (Å²) < 4.78 is 72.9. The van der Waals surface area contributed by atoms with Crippen molar-refractivity contribution in [1.29, 1.82) is 0 Å². The number of hydrogen-bond acceptors (Lipinski definition) is 8. The molecular weight excluding hydrogens is 423 g/mol. The molecule has 1 aromatic carbocycles. The smallest absolute Gasteiger partial charge is 0.471 e. The first-order valence-electron chi connectivity index (χ1n) is 7.32. The summed E-state index contributed by atoms with van der Waals surface area (Å²) in [6, 6.07) is 6.40. The van der Waals surface area contributed by atoms with E-state index in [4.69, 9.17) is 4.74 Å². The number of carbonyl (C=O) groups excluding carboxylic acids is 1. The highest BCUT2D eigenvalue weighted by Gasteiger charge is 2.38. The van der Waals surface area contributed by atoms with Gasteiger partial charge < -0.3 is 9.26 Å². The predicted octanol–water partition coefficient (Wildman–Crippen LogP) is 2.94. The topological polar surface area (TPSA) is 111 Å². The standard InChI is InChI=1S/C15H10F3N3O5S2/c1-25-10-6-7-27-13(10)28(23,24)21-12(22)9-4-2-8(3-5-9)11-19-14(26-20-11)15(16,17)18/h2-7H,1H3,(H,21,22). The molecule has 0 saturated carbocycles. The van der Waals surface area contributed by atoms with Gasteiger partial charge in [0.15, 0.2) is 4.21 Å². The number of nitrogens with one attached hydrogen (secondary N) is 1. The molecule has 3 rings (SSSR count). The van der Waals surface area contributed by atoms with E-state index >= 15 is 0 Å². The lowest BCUT2D eigenvalue weighted by Gasteiger charge is -2.07. The minimum Gasteiger partial charge on any atom is -0.494 e. The first-order chi connectivity index (χ1) is 13.1. The maximum atomic E-state index is 12.5. The average molecular weight is 433 g/mol. The Balaban J connectivity index is 1.78. The van der Waals surface area contributed by atoms with E-state index in [1.54, 1.807) is 0 Å². The third-order valence-corrected chi connectivity index (χ3v) is 6.14. The van der Waals surface area contributed by atoms with Crippen molar-refractivity contribution < 1.29 is 35.6 Å². The Morgan fingerprint density at radius 2 is 1.89 bits per heavy atom. The van der Waals surface area contributed by atoms with Gasteiger partial charge in [-0.15, -0.1) is 11.3 Å². The van der Waals surface area contributed by atoms with E-state index in [0.717, 1.165) is 11.3 Å². The van der Waals surface area contributed by atoms with Crippen molar-refractivity contribution in [3.8, 4) is 17.1 Å². The van der Waals surface area contributed by atoms with E-state index in [9.17, 15) is 26.4 Å². The quantitative estimate of drug-likeness (QED) is 0.658. The van der Waals surface area contributed by atoms with Crippen LogP contribution in [0.1, 0.15) is 16.2 Å². The maximum Gasteiger partial charge on any atom is 0.471 e. The number of nitrogens with zero attached hydrogens (tertiary/aromatic N) is 2. The zero-order valence-electron chi connectivity index (χ0n) is 13.9. The molecule has 0 unspecified atom stereocenters. The fourth-order valence-corrected chi connectivity index (χ4v) is 4.34. The van der Waals surface area contributed by atoms with Gasteiger partial charge in [-0.2, -0.15) is 18.2 Å². The molecule has 0 atom stereocenters. The summed E-state index contributed by atoms with van der Waals surface area (Å²) in [6.07, 6.45) is -4.78. The van der Waals surface area contributed by atoms with Gasteiger partial charge >= 0.3 is 12.1 Å². The third-order valence-electron chi connectivity index (χ3n) is 3.36. The van der Waals surface area contributed by atoms with Crippen LogP contribution >= 0.6 is 11.3 Å². The van der Waals surface area contributed by atoms with E-state index in [0.29, 0.717) is 0 Å². The third kappa shape index (κ3) is 3.99. The van der Waals surface area contributed by atoms with Gasteiger partial charge in [0.05, 0.1) is 7.11 Å². The molecule has 0 aliphatic carbocycles. The lowest BCUT2D eigenvalue weighted by molar-refractivity contribution is -0.159. The molecule has 8 nitrogen and oxygen atoms in total. The van der Waals surface area contributed by atoms with Crippen molar-refractivity contribution in [3.63, 3.8) is 0 Å². The lowest BCUT2D eigenvalue weighted by atomic mass is 10.1. The number of amides is 1. The van der Waals surface area contributed by atoms with E-state index < -0.39 is 28.0 Å². The zero-order valence-corrected chi connectivity index (χ0v) is 15.5. The molecule has 0 spiro atoms. The van der Waals surface area contributed by atoms with Crippen LogP contribution in [0.3, 0.4) is 0 Å². The second kappa shape index (κ2) is 7.24. The van der Waals surface area contributed by atoms with Gasteiger partial charge in [-0.25, -0.2) is 13.1 Å². The highest BCUT2D eigenvalue weighted by Crippen LogP contribution is 2.30. The summed E-state index contributed by atoms with van der Waals surface area (Å²) in [6.45, 7) is 0. The number of rotatable bonds is 5. The van der Waals surface area contributed by atoms with Gasteiger partial charge in [0.1, 0.15) is 5.75 Å². The zero-order chi connectivity index (χ0) is 20.5. The summed E-state index contributed by atoms with van der Waals surface area (Å²) in [7, 11) is -2.86. The molecule has 2 heterocycles. The Bertz CT molecular complexity index is 1100. The van der Waals surface area contributed by atoms with Crippen molar-refractivity contribution in [2.24, 2.45) is 0 Å². The molecule has 1 N–H and O–H groups in total. The van der Waals surface area contributed by atoms with Crippen molar-refractivity contribution in [3.05, 3.63) is 47.2 Å². The molecule has 0 aliphatic rings. The molecule has 28 heavy (non-hydrogen) atoms. The molecule has 0 aliphatic heterocycles. The van der Waals surface area contributed by atoms with Crippen molar-refractivity contribution in [1.82, 2.24) is 14.9 Å². The first kappa shape index (κ1) is 19.8. The predicted molar refractivity (Wildman–Crippen MR) is 90.3 cm³/mol. The summed E-state index contributed by atoms with van der Waals surface area (Å²) >= 11 is 0.876. The SMILES string of the molecule is COc1ccsc1S(=O)(=O)NC(=O)c1ccc(-c2noc(C(F)(F)F)n2)cc1. The van der Waals surface area contributed by atoms with E-state index in [1.165, 1.54) is 42.8 Å². The minimum absolute atomic E-state index is 0.0395. The van der Waals surface area contributed by atoms with E-state index in [-0.39, 0.29) is 26.9 Å². The van der Waals surface area contributed by atoms with Gasteiger partial charge in [-0.1, -0.05) is 17.3 Å². The first-order valence-corrected chi connectivity index (χ1v) is 9.68. The van der Waals surface area contributed by atoms with Crippen LogP contribution in [0.5, 0.6) is 5.75 Å². The van der Waals surface area contributed by atoms with Crippen molar-refractivity contribution in [2.45, 2.75) is 10.4 Å². The van der Waals surface area contributed by atoms with Gasteiger partial charge in [0, 0.05) is 11.1 Å². The average Bonchev–Trinajstić information content (AvgIpc) is 3.30. The Morgan fingerprint density at radius 3 is 2.46 bits per heavy atom. The van der Waals surface area contributed by atoms with E-state index in [1.807, 2.05) is 4.72 Å². The van der Waals surface area contributed by atoms with Gasteiger partial charge in [-0.05, 0) is 23.6 Å². The second-order valence-electron chi connectivity index (χ2n) is 5.21. The molecule has 2 aromatic heterocycles. The molecule has 0 radical (unpaired) electrons. The second-order valence-corrected chi connectivity index (χ2v) is 8.00. The van der Waals surface area contributed by atoms with Crippen LogP contribution in [-0.2, 0) is 16.2 Å². The van der Waals surface area contributed by atoms with E-state index in [2.05, 4.69) is 14.7 Å². The number of ether oxygens (including phenoxy) is 1. The summed E-state index contributed by atoms with van der Waals surface area (Å²) in [5.74, 6) is -2.65. The van der Waals surface area contributed by atoms with Crippen LogP contribution in [0, 0.1) is 0 Å². The van der Waals surface area contributed by atoms with Crippen LogP contribution < -0.4 is 9.46 Å². The van der Waals surface area contributed by atoms with Gasteiger partial charge in [0.2, 0.25) is 5.82 Å². The van der Waals surface area contributed by atoms with Gasteiger partial charge in [-0.3, -0.25) is 4.79 Å². The van der Waals surface area contributed by atoms with Crippen LogP contribution in [0.25, 0.3) is 11.4 Å². The van der Waals surface area contributed by atoms with Crippen molar-refractivity contribution in [2.75, 3.05) is 7.11 Å². The fourth-order valence-electron chi connectivity index (χ4n) is 2.08. The highest BCUT2D eigenvalue weighted by molar-refractivity contribution is 7.92. The Morgan fingerprint density at radius 1 is 1.21 bits per heavy atom. The molecular formula is C15H10F3N3O5S2. The molecule has 3 aromatic rings. The number of hydrogen-bond donors (Lipinski definition) is 1. The molecule has 0 fully saturated rings. The summed E-state index contributed by atoms with van der Waals surface area (Å²) in [4.78, 5) is 15.4. The Kier molecular flexibility index (Phi) is 5.12. The largest absolute Gasteiger partial charge is 0.494 e. The van der Waals surface area contributed by atoms with Crippen LogP contribution in [0.4, 0.5) is 13.2 Å². The van der Waals surface area contributed by atoms with Crippen LogP contribution in [-0.4, -0.2) is 31.6 Å². The molecule has 148 valence electrons. The highest BCUT2D eigenvalue weighted by atomic mass is 32.2. The number of sulfonamides is 1. The number of methoxy groups -OCH3 is 1. The van der Waals surface area contributed by atoms with Crippen LogP contribution in [0.15, 0.2) is 44.4 Å². The molecule has 0 bridgehead atoms. The number of thiophene rings is 1. The number of alkyl halides is 3. The summed E-state index contributed by atoms with van der Waals surface area (Å²) in [5, 5.41) is 4.72. The number of halogens is 3. The molecule has 1 amide bonds. The minimum atomic E-state index is -4.78. The van der Waals surface area contributed by atoms with Crippen molar-refractivity contribution >= 4 is 27.3 Å². The lowest BCUT2D eigenvalue weighted by Crippen LogP contribution is -2.30. The Hall–Kier alpha value is -2.93. The summed E-state index contributed by atoms with van der Waals surface area (Å²) in [5.41, 5.74) is 0.112. The van der Waals surface area contributed by atoms with Crippen LogP contribution in [0.2, 0.25) is 0 Å². The van der Waals surface area contributed by atoms with Gasteiger partial charge in [0.25, 0.3) is 15.9 Å². The maximum absolute atomic E-state index is 12.5. The molecule has 13 heteroatoms.